The van der Waals surface area contributed by atoms with E-state index < -0.39 is 12.4 Å². The SMILES string of the molecule is CCNC(=O)Nc1ccc([C@@H]2O[C@H](CN(C)C[C@@H](O)c3cccc(O)c3)[C@H](C)[C@H](c3ccc(CO)cc3)O2)cc1. The first-order valence-corrected chi connectivity index (χ1v) is 13.6. The summed E-state index contributed by atoms with van der Waals surface area (Å²) in [5.74, 6) is 0.0981. The van der Waals surface area contributed by atoms with E-state index in [-0.39, 0.29) is 36.5 Å². The predicted octanol–water partition coefficient (Wildman–Crippen LogP) is 4.48. The molecule has 5 atom stereocenters. The molecule has 0 radical (unpaired) electrons. The van der Waals surface area contributed by atoms with Crippen LogP contribution in [0.15, 0.2) is 72.8 Å². The Balaban J connectivity index is 1.52. The maximum absolute atomic E-state index is 11.9. The first-order chi connectivity index (χ1) is 19.3. The summed E-state index contributed by atoms with van der Waals surface area (Å²) in [6, 6.07) is 21.5. The number of nitrogens with zero attached hydrogens (tertiary/aromatic N) is 1. The van der Waals surface area contributed by atoms with Crippen LogP contribution in [0.4, 0.5) is 10.5 Å². The van der Waals surface area contributed by atoms with E-state index in [1.807, 2.05) is 67.4 Å². The van der Waals surface area contributed by atoms with Gasteiger partial charge in [0.2, 0.25) is 0 Å². The Labute approximate surface area is 235 Å². The Kier molecular flexibility index (Phi) is 10.1. The van der Waals surface area contributed by atoms with Crippen molar-refractivity contribution in [2.24, 2.45) is 5.92 Å². The van der Waals surface area contributed by atoms with E-state index in [4.69, 9.17) is 9.47 Å². The first-order valence-electron chi connectivity index (χ1n) is 13.6. The van der Waals surface area contributed by atoms with Crippen LogP contribution in [0.3, 0.4) is 0 Å². The van der Waals surface area contributed by atoms with Gasteiger partial charge in [0, 0.05) is 36.8 Å². The van der Waals surface area contributed by atoms with Gasteiger partial charge < -0.3 is 40.3 Å². The van der Waals surface area contributed by atoms with Crippen LogP contribution < -0.4 is 10.6 Å². The molecular formula is C31H39N3O6. The number of hydrogen-bond donors (Lipinski definition) is 5. The van der Waals surface area contributed by atoms with Gasteiger partial charge in [0.1, 0.15) is 5.75 Å². The van der Waals surface area contributed by atoms with E-state index >= 15 is 0 Å². The van der Waals surface area contributed by atoms with E-state index in [1.54, 1.807) is 24.3 Å². The summed E-state index contributed by atoms with van der Waals surface area (Å²) >= 11 is 0. The molecule has 2 amide bonds. The number of phenols is 1. The molecule has 0 spiro atoms. The van der Waals surface area contributed by atoms with E-state index in [0.29, 0.717) is 30.9 Å². The van der Waals surface area contributed by atoms with Crippen molar-refractivity contribution in [2.75, 3.05) is 32.0 Å². The van der Waals surface area contributed by atoms with Crippen molar-refractivity contribution in [3.05, 3.63) is 95.1 Å². The third-order valence-corrected chi connectivity index (χ3v) is 7.13. The highest BCUT2D eigenvalue weighted by Gasteiger charge is 2.39. The normalized spacial score (nSPS) is 21.6. The molecule has 9 heteroatoms. The van der Waals surface area contributed by atoms with Gasteiger partial charge in [-0.3, -0.25) is 0 Å². The highest BCUT2D eigenvalue weighted by molar-refractivity contribution is 5.89. The minimum absolute atomic E-state index is 0.0183. The molecule has 40 heavy (non-hydrogen) atoms. The fourth-order valence-electron chi connectivity index (χ4n) is 4.90. The van der Waals surface area contributed by atoms with Crippen LogP contribution in [0.25, 0.3) is 0 Å². The van der Waals surface area contributed by atoms with Gasteiger partial charge in [0.15, 0.2) is 6.29 Å². The summed E-state index contributed by atoms with van der Waals surface area (Å²) in [5, 5.41) is 35.5. The minimum atomic E-state index is -0.769. The number of ether oxygens (including phenoxy) is 2. The molecule has 5 N–H and O–H groups in total. The molecule has 214 valence electrons. The van der Waals surface area contributed by atoms with Crippen LogP contribution in [-0.4, -0.2) is 59.0 Å². The molecule has 4 rings (SSSR count). The topological polar surface area (TPSA) is 124 Å². The number of nitrogens with one attached hydrogen (secondary N) is 2. The molecule has 1 aliphatic heterocycles. The van der Waals surface area contributed by atoms with Crippen molar-refractivity contribution < 1.29 is 29.6 Å². The van der Waals surface area contributed by atoms with Crippen molar-refractivity contribution in [1.82, 2.24) is 10.2 Å². The molecule has 3 aromatic carbocycles. The van der Waals surface area contributed by atoms with Gasteiger partial charge in [0.25, 0.3) is 0 Å². The summed E-state index contributed by atoms with van der Waals surface area (Å²) < 4.78 is 13.0. The highest BCUT2D eigenvalue weighted by Crippen LogP contribution is 2.42. The number of aromatic hydroxyl groups is 1. The molecule has 0 bridgehead atoms. The van der Waals surface area contributed by atoms with Gasteiger partial charge in [-0.25, -0.2) is 4.79 Å². The molecule has 3 aromatic rings. The Bertz CT molecular complexity index is 1240. The highest BCUT2D eigenvalue weighted by atomic mass is 16.7. The van der Waals surface area contributed by atoms with Crippen LogP contribution >= 0.6 is 0 Å². The lowest BCUT2D eigenvalue weighted by atomic mass is 9.90. The van der Waals surface area contributed by atoms with Crippen LogP contribution in [0.5, 0.6) is 5.75 Å². The zero-order valence-electron chi connectivity index (χ0n) is 23.2. The number of aliphatic hydroxyl groups is 2. The smallest absolute Gasteiger partial charge is 0.319 e. The molecule has 1 saturated heterocycles. The number of benzene rings is 3. The number of aliphatic hydroxyl groups excluding tert-OH is 2. The summed E-state index contributed by atoms with van der Waals surface area (Å²) in [7, 11) is 1.93. The molecule has 0 saturated carbocycles. The molecule has 1 aliphatic rings. The largest absolute Gasteiger partial charge is 0.508 e. The summed E-state index contributed by atoms with van der Waals surface area (Å²) in [6.45, 7) is 5.35. The first kappa shape index (κ1) is 29.5. The molecule has 0 aliphatic carbocycles. The Hall–Kier alpha value is -3.47. The van der Waals surface area contributed by atoms with Crippen molar-refractivity contribution >= 4 is 11.7 Å². The maximum Gasteiger partial charge on any atom is 0.319 e. The molecule has 0 unspecified atom stereocenters. The van der Waals surface area contributed by atoms with Crippen LogP contribution in [0.2, 0.25) is 0 Å². The standard InChI is InChI=1S/C31H39N3O6/c1-4-32-31(38)33-25-14-12-23(13-15-25)30-39-28(18-34(3)17-27(37)24-6-5-7-26(36)16-24)20(2)29(40-30)22-10-8-21(19-35)9-11-22/h5-16,20,27-30,35-37H,4,17-19H2,1-3H3,(H2,32,33,38)/t20-,27+,28+,29+,30+/m0/s1. The predicted molar refractivity (Wildman–Crippen MR) is 153 cm³/mol. The molecular weight excluding hydrogens is 510 g/mol. The quantitative estimate of drug-likeness (QED) is 0.253. The number of carbonyl (C=O) groups excluding carboxylic acids is 1. The van der Waals surface area contributed by atoms with E-state index in [9.17, 15) is 20.1 Å². The van der Waals surface area contributed by atoms with Crippen LogP contribution in [0, 0.1) is 5.92 Å². The summed E-state index contributed by atoms with van der Waals surface area (Å²) in [5.41, 5.74) is 3.94. The Morgan fingerprint density at radius 1 is 1.02 bits per heavy atom. The fourth-order valence-corrected chi connectivity index (χ4v) is 4.90. The number of rotatable bonds is 10. The number of phenolic OH excluding ortho intramolecular Hbond substituents is 1. The van der Waals surface area contributed by atoms with E-state index in [1.165, 1.54) is 0 Å². The number of urea groups is 1. The average Bonchev–Trinajstić information content (AvgIpc) is 2.94. The zero-order valence-corrected chi connectivity index (χ0v) is 23.2. The second-order valence-corrected chi connectivity index (χ2v) is 10.3. The second-order valence-electron chi connectivity index (χ2n) is 10.3. The van der Waals surface area contributed by atoms with Gasteiger partial charge >= 0.3 is 6.03 Å². The number of hydrogen-bond acceptors (Lipinski definition) is 7. The second kappa shape index (κ2) is 13.7. The van der Waals surface area contributed by atoms with Gasteiger partial charge in [0.05, 0.1) is 24.9 Å². The maximum atomic E-state index is 11.9. The summed E-state index contributed by atoms with van der Waals surface area (Å²) in [6.07, 6.45) is -1.91. The number of carbonyl (C=O) groups is 1. The van der Waals surface area contributed by atoms with Gasteiger partial charge in [-0.15, -0.1) is 0 Å². The van der Waals surface area contributed by atoms with Crippen LogP contribution in [0.1, 0.15) is 54.6 Å². The monoisotopic (exact) mass is 549 g/mol. The van der Waals surface area contributed by atoms with E-state index in [0.717, 1.165) is 16.7 Å². The zero-order chi connectivity index (χ0) is 28.6. The van der Waals surface area contributed by atoms with Gasteiger partial charge in [-0.1, -0.05) is 55.5 Å². The lowest BCUT2D eigenvalue weighted by Gasteiger charge is -2.42. The van der Waals surface area contributed by atoms with Crippen molar-refractivity contribution in [3.63, 3.8) is 0 Å². The number of likely N-dealkylation sites (N-methyl/N-ethyl adjacent to an activating group) is 1. The van der Waals surface area contributed by atoms with Crippen molar-refractivity contribution in [3.8, 4) is 5.75 Å². The van der Waals surface area contributed by atoms with Gasteiger partial charge in [-0.05, 0) is 54.9 Å². The Morgan fingerprint density at radius 2 is 1.73 bits per heavy atom. The molecule has 1 heterocycles. The number of anilines is 1. The van der Waals surface area contributed by atoms with Crippen molar-refractivity contribution in [2.45, 2.75) is 45.1 Å². The van der Waals surface area contributed by atoms with Gasteiger partial charge in [-0.2, -0.15) is 0 Å². The fraction of sp³-hybridized carbons (Fsp3) is 0.387. The molecule has 9 nitrogen and oxygen atoms in total. The molecule has 1 fully saturated rings. The van der Waals surface area contributed by atoms with Crippen molar-refractivity contribution in [1.29, 1.82) is 0 Å². The lowest BCUT2D eigenvalue weighted by Crippen LogP contribution is -2.44. The number of amides is 2. The third-order valence-electron chi connectivity index (χ3n) is 7.13. The average molecular weight is 550 g/mol. The third kappa shape index (κ3) is 7.59. The van der Waals surface area contributed by atoms with Crippen LogP contribution in [-0.2, 0) is 16.1 Å². The Morgan fingerprint density at radius 3 is 2.38 bits per heavy atom. The van der Waals surface area contributed by atoms with E-state index in [2.05, 4.69) is 17.6 Å². The lowest BCUT2D eigenvalue weighted by molar-refractivity contribution is -0.276. The molecule has 0 aromatic heterocycles. The summed E-state index contributed by atoms with van der Waals surface area (Å²) in [4.78, 5) is 13.9. The minimum Gasteiger partial charge on any atom is -0.508 e.